The highest BCUT2D eigenvalue weighted by molar-refractivity contribution is 6.08. The normalized spacial score (nSPS) is 15.6. The van der Waals surface area contributed by atoms with E-state index in [-0.39, 0.29) is 17.2 Å². The second-order valence-electron chi connectivity index (χ2n) is 5.64. The van der Waals surface area contributed by atoms with Crippen LogP contribution in [0.15, 0.2) is 36.4 Å². The van der Waals surface area contributed by atoms with Crippen LogP contribution in [0.4, 0.5) is 17.1 Å². The molecule has 25 heavy (non-hydrogen) atoms. The van der Waals surface area contributed by atoms with E-state index in [1.807, 2.05) is 0 Å². The van der Waals surface area contributed by atoms with Crippen molar-refractivity contribution in [3.05, 3.63) is 57.6 Å². The summed E-state index contributed by atoms with van der Waals surface area (Å²) in [7, 11) is 0. The molecule has 1 aliphatic rings. The summed E-state index contributed by atoms with van der Waals surface area (Å²) in [6, 6.07) is 9.31. The van der Waals surface area contributed by atoms with Crippen molar-refractivity contribution in [2.45, 2.75) is 20.0 Å². The summed E-state index contributed by atoms with van der Waals surface area (Å²) in [4.78, 5) is 34.8. The largest absolute Gasteiger partial charge is 0.479 e. The number of fused-ring (bicyclic) bond motifs is 1. The SMILES string of the molecule is Cc1cccc(C(=O)Nc2ccc3c(c2)NC(=O)C(C)O3)c1[N+](=O)[O-]. The Morgan fingerprint density at radius 1 is 1.32 bits per heavy atom. The number of anilines is 2. The number of benzene rings is 2. The van der Waals surface area contributed by atoms with E-state index in [0.717, 1.165) is 0 Å². The Morgan fingerprint density at radius 2 is 2.08 bits per heavy atom. The zero-order valence-electron chi connectivity index (χ0n) is 13.5. The first kappa shape index (κ1) is 16.4. The van der Waals surface area contributed by atoms with E-state index in [0.29, 0.717) is 22.7 Å². The van der Waals surface area contributed by atoms with Crippen LogP contribution in [-0.4, -0.2) is 22.8 Å². The zero-order chi connectivity index (χ0) is 18.1. The summed E-state index contributed by atoms with van der Waals surface area (Å²) in [6.07, 6.45) is -0.595. The fraction of sp³-hybridized carbons (Fsp3) is 0.176. The maximum Gasteiger partial charge on any atom is 0.285 e. The highest BCUT2D eigenvalue weighted by atomic mass is 16.6. The van der Waals surface area contributed by atoms with Gasteiger partial charge in [-0.05, 0) is 38.1 Å². The van der Waals surface area contributed by atoms with E-state index in [9.17, 15) is 19.7 Å². The van der Waals surface area contributed by atoms with Crippen LogP contribution in [0.3, 0.4) is 0 Å². The van der Waals surface area contributed by atoms with Crippen molar-refractivity contribution in [3.8, 4) is 5.75 Å². The minimum atomic E-state index is -0.605. The predicted molar refractivity (Wildman–Crippen MR) is 90.9 cm³/mol. The Bertz CT molecular complexity index is 894. The van der Waals surface area contributed by atoms with Crippen LogP contribution in [0, 0.1) is 17.0 Å². The van der Waals surface area contributed by atoms with Gasteiger partial charge < -0.3 is 15.4 Å². The third-order valence-corrected chi connectivity index (χ3v) is 3.83. The van der Waals surface area contributed by atoms with Crippen LogP contribution in [0.25, 0.3) is 0 Å². The van der Waals surface area contributed by atoms with Crippen LogP contribution in [0.1, 0.15) is 22.8 Å². The Kier molecular flexibility index (Phi) is 4.10. The third-order valence-electron chi connectivity index (χ3n) is 3.83. The molecule has 1 atom stereocenters. The molecule has 2 amide bonds. The van der Waals surface area contributed by atoms with Crippen molar-refractivity contribution in [1.29, 1.82) is 0 Å². The first-order chi connectivity index (χ1) is 11.9. The monoisotopic (exact) mass is 341 g/mol. The second kappa shape index (κ2) is 6.23. The van der Waals surface area contributed by atoms with Crippen molar-refractivity contribution < 1.29 is 19.2 Å². The fourth-order valence-electron chi connectivity index (χ4n) is 2.57. The summed E-state index contributed by atoms with van der Waals surface area (Å²) in [5.41, 5.74) is 0.954. The van der Waals surface area contributed by atoms with Gasteiger partial charge in [-0.15, -0.1) is 0 Å². The molecule has 0 spiro atoms. The quantitative estimate of drug-likeness (QED) is 0.659. The number of hydrogen-bond donors (Lipinski definition) is 2. The second-order valence-corrected chi connectivity index (χ2v) is 5.64. The summed E-state index contributed by atoms with van der Waals surface area (Å²) in [6.45, 7) is 3.20. The molecule has 8 nitrogen and oxygen atoms in total. The summed E-state index contributed by atoms with van der Waals surface area (Å²) >= 11 is 0. The van der Waals surface area contributed by atoms with Crippen LogP contribution in [-0.2, 0) is 4.79 Å². The highest BCUT2D eigenvalue weighted by Gasteiger charge is 2.25. The van der Waals surface area contributed by atoms with Crippen molar-refractivity contribution in [1.82, 2.24) is 0 Å². The molecule has 2 N–H and O–H groups in total. The number of aryl methyl sites for hydroxylation is 1. The van der Waals surface area contributed by atoms with Crippen LogP contribution in [0.5, 0.6) is 5.75 Å². The predicted octanol–water partition coefficient (Wildman–Crippen LogP) is 2.87. The van der Waals surface area contributed by atoms with Crippen molar-refractivity contribution in [2.75, 3.05) is 10.6 Å². The van der Waals surface area contributed by atoms with Gasteiger partial charge in [-0.3, -0.25) is 19.7 Å². The van der Waals surface area contributed by atoms with Gasteiger partial charge in [-0.2, -0.15) is 0 Å². The van der Waals surface area contributed by atoms with Gasteiger partial charge in [0.1, 0.15) is 11.3 Å². The Hall–Kier alpha value is -3.42. The summed E-state index contributed by atoms with van der Waals surface area (Å²) in [5.74, 6) is -0.399. The van der Waals surface area contributed by atoms with Crippen LogP contribution in [0.2, 0.25) is 0 Å². The Labute approximate surface area is 142 Å². The first-order valence-corrected chi connectivity index (χ1v) is 7.53. The van der Waals surface area contributed by atoms with E-state index in [1.165, 1.54) is 6.07 Å². The van der Waals surface area contributed by atoms with E-state index >= 15 is 0 Å². The molecule has 2 aromatic carbocycles. The minimum Gasteiger partial charge on any atom is -0.479 e. The number of amides is 2. The van der Waals surface area contributed by atoms with Gasteiger partial charge in [0.2, 0.25) is 0 Å². The number of carbonyl (C=O) groups excluding carboxylic acids is 2. The lowest BCUT2D eigenvalue weighted by Gasteiger charge is -2.23. The molecule has 0 saturated carbocycles. The molecule has 0 radical (unpaired) electrons. The lowest BCUT2D eigenvalue weighted by Crippen LogP contribution is -2.34. The van der Waals surface area contributed by atoms with Gasteiger partial charge in [0, 0.05) is 11.3 Å². The lowest BCUT2D eigenvalue weighted by atomic mass is 10.1. The Morgan fingerprint density at radius 3 is 2.80 bits per heavy atom. The molecule has 0 bridgehead atoms. The number of ether oxygens (including phenoxy) is 1. The summed E-state index contributed by atoms with van der Waals surface area (Å²) in [5, 5.41) is 16.5. The molecular weight excluding hydrogens is 326 g/mol. The Balaban J connectivity index is 1.88. The molecule has 0 fully saturated rings. The van der Waals surface area contributed by atoms with Gasteiger partial charge in [0.15, 0.2) is 6.10 Å². The number of hydrogen-bond acceptors (Lipinski definition) is 5. The number of para-hydroxylation sites is 1. The average molecular weight is 341 g/mol. The molecule has 128 valence electrons. The molecule has 1 aliphatic heterocycles. The molecule has 0 aromatic heterocycles. The molecule has 3 rings (SSSR count). The van der Waals surface area contributed by atoms with E-state index in [1.54, 1.807) is 44.2 Å². The molecule has 8 heteroatoms. The van der Waals surface area contributed by atoms with Crippen molar-refractivity contribution >= 4 is 28.9 Å². The zero-order valence-corrected chi connectivity index (χ0v) is 13.5. The molecule has 1 unspecified atom stereocenters. The van der Waals surface area contributed by atoms with Crippen molar-refractivity contribution in [3.63, 3.8) is 0 Å². The maximum absolute atomic E-state index is 12.4. The topological polar surface area (TPSA) is 111 Å². The minimum absolute atomic E-state index is 0.0309. The average Bonchev–Trinajstić information content (AvgIpc) is 2.55. The number of nitrogens with one attached hydrogen (secondary N) is 2. The smallest absolute Gasteiger partial charge is 0.285 e. The van der Waals surface area contributed by atoms with E-state index < -0.39 is 16.9 Å². The maximum atomic E-state index is 12.4. The fourth-order valence-corrected chi connectivity index (χ4v) is 2.57. The molecule has 2 aromatic rings. The van der Waals surface area contributed by atoms with E-state index in [2.05, 4.69) is 10.6 Å². The van der Waals surface area contributed by atoms with Gasteiger partial charge >= 0.3 is 0 Å². The van der Waals surface area contributed by atoms with Gasteiger partial charge in [0.25, 0.3) is 17.5 Å². The molecular formula is C17H15N3O5. The third kappa shape index (κ3) is 3.14. The number of nitro benzene ring substituents is 1. The number of nitrogens with zero attached hydrogens (tertiary/aromatic N) is 1. The van der Waals surface area contributed by atoms with Crippen LogP contribution >= 0.6 is 0 Å². The summed E-state index contributed by atoms with van der Waals surface area (Å²) < 4.78 is 5.44. The molecule has 0 aliphatic carbocycles. The number of nitro groups is 1. The number of rotatable bonds is 3. The van der Waals surface area contributed by atoms with Crippen LogP contribution < -0.4 is 15.4 Å². The van der Waals surface area contributed by atoms with E-state index in [4.69, 9.17) is 4.74 Å². The molecule has 1 heterocycles. The highest BCUT2D eigenvalue weighted by Crippen LogP contribution is 2.32. The van der Waals surface area contributed by atoms with Gasteiger partial charge in [-0.25, -0.2) is 0 Å². The number of carbonyl (C=O) groups is 2. The first-order valence-electron chi connectivity index (χ1n) is 7.53. The standard InChI is InChI=1S/C17H15N3O5/c1-9-4-3-5-12(15(9)20(23)24)17(22)18-11-6-7-14-13(8-11)19-16(21)10(2)25-14/h3-8,10H,1-2H3,(H,18,22)(H,19,21). The lowest BCUT2D eigenvalue weighted by molar-refractivity contribution is -0.385. The van der Waals surface area contributed by atoms with Gasteiger partial charge in [-0.1, -0.05) is 12.1 Å². The van der Waals surface area contributed by atoms with Gasteiger partial charge in [0.05, 0.1) is 10.6 Å². The molecule has 0 saturated heterocycles. The van der Waals surface area contributed by atoms with Crippen molar-refractivity contribution in [2.24, 2.45) is 0 Å².